The molecule has 0 radical (unpaired) electrons. The molecule has 0 amide bonds. The molecule has 0 atom stereocenters. The van der Waals surface area contributed by atoms with E-state index in [2.05, 4.69) is 0 Å². The van der Waals surface area contributed by atoms with Crippen molar-refractivity contribution in [2.45, 2.75) is 6.42 Å². The molecule has 0 aromatic heterocycles. The molecule has 0 unspecified atom stereocenters. The van der Waals surface area contributed by atoms with Gasteiger partial charge in [-0.3, -0.25) is 4.79 Å². The van der Waals surface area contributed by atoms with E-state index in [1.165, 1.54) is 7.11 Å². The molecular formula is C16H16O4. The fourth-order valence-corrected chi connectivity index (χ4v) is 1.81. The predicted molar refractivity (Wildman–Crippen MR) is 75.3 cm³/mol. The molecule has 0 saturated heterocycles. The van der Waals surface area contributed by atoms with Crippen molar-refractivity contribution in [1.29, 1.82) is 0 Å². The molecule has 4 nitrogen and oxygen atoms in total. The first-order valence-electron chi connectivity index (χ1n) is 6.19. The van der Waals surface area contributed by atoms with Gasteiger partial charge < -0.3 is 14.2 Å². The van der Waals surface area contributed by atoms with Crippen LogP contribution in [0.25, 0.3) is 0 Å². The van der Waals surface area contributed by atoms with Crippen molar-refractivity contribution < 1.29 is 19.0 Å². The van der Waals surface area contributed by atoms with E-state index in [9.17, 15) is 4.79 Å². The number of para-hydroxylation sites is 2. The third kappa shape index (κ3) is 3.51. The highest BCUT2D eigenvalue weighted by atomic mass is 16.6. The lowest BCUT2D eigenvalue weighted by Gasteiger charge is -2.09. The van der Waals surface area contributed by atoms with Crippen LogP contribution in [0.3, 0.4) is 0 Å². The van der Waals surface area contributed by atoms with Gasteiger partial charge in [-0.15, -0.1) is 0 Å². The number of ether oxygens (including phenoxy) is 3. The number of rotatable bonds is 5. The van der Waals surface area contributed by atoms with Crippen molar-refractivity contribution in [3.05, 3.63) is 54.1 Å². The number of hydrogen-bond acceptors (Lipinski definition) is 4. The Kier molecular flexibility index (Phi) is 4.60. The van der Waals surface area contributed by atoms with E-state index in [0.29, 0.717) is 17.2 Å². The second-order valence-electron chi connectivity index (χ2n) is 4.15. The molecule has 2 aromatic carbocycles. The van der Waals surface area contributed by atoms with Crippen LogP contribution in [0.15, 0.2) is 48.5 Å². The molecular weight excluding hydrogens is 256 g/mol. The van der Waals surface area contributed by atoms with E-state index in [1.54, 1.807) is 25.3 Å². The Morgan fingerprint density at radius 1 is 0.950 bits per heavy atom. The summed E-state index contributed by atoms with van der Waals surface area (Å²) >= 11 is 0. The second kappa shape index (κ2) is 6.61. The van der Waals surface area contributed by atoms with Gasteiger partial charge in [-0.25, -0.2) is 0 Å². The van der Waals surface area contributed by atoms with Crippen LogP contribution < -0.4 is 14.2 Å². The van der Waals surface area contributed by atoms with Gasteiger partial charge in [-0.1, -0.05) is 24.3 Å². The SMILES string of the molecule is COc1cccc(CC(=O)Oc2ccccc2OC)c1. The Morgan fingerprint density at radius 3 is 2.40 bits per heavy atom. The minimum Gasteiger partial charge on any atom is -0.497 e. The third-order valence-electron chi connectivity index (χ3n) is 2.78. The summed E-state index contributed by atoms with van der Waals surface area (Å²) in [5.41, 5.74) is 0.837. The topological polar surface area (TPSA) is 44.8 Å². The zero-order valence-corrected chi connectivity index (χ0v) is 11.5. The first kappa shape index (κ1) is 13.9. The Hall–Kier alpha value is -2.49. The minimum atomic E-state index is -0.345. The third-order valence-corrected chi connectivity index (χ3v) is 2.78. The summed E-state index contributed by atoms with van der Waals surface area (Å²) in [5, 5.41) is 0. The molecule has 0 saturated carbocycles. The van der Waals surface area contributed by atoms with Crippen molar-refractivity contribution in [1.82, 2.24) is 0 Å². The van der Waals surface area contributed by atoms with E-state index in [4.69, 9.17) is 14.2 Å². The number of benzene rings is 2. The van der Waals surface area contributed by atoms with Crippen LogP contribution in [0.4, 0.5) is 0 Å². The maximum Gasteiger partial charge on any atom is 0.315 e. The average molecular weight is 272 g/mol. The van der Waals surface area contributed by atoms with Crippen molar-refractivity contribution >= 4 is 5.97 Å². The summed E-state index contributed by atoms with van der Waals surface area (Å²) in [6.45, 7) is 0. The number of esters is 1. The maximum atomic E-state index is 11.9. The molecule has 104 valence electrons. The highest BCUT2D eigenvalue weighted by Crippen LogP contribution is 2.26. The highest BCUT2D eigenvalue weighted by molar-refractivity contribution is 5.76. The Labute approximate surface area is 117 Å². The van der Waals surface area contributed by atoms with Gasteiger partial charge in [0.1, 0.15) is 5.75 Å². The van der Waals surface area contributed by atoms with Gasteiger partial charge in [-0.2, -0.15) is 0 Å². The molecule has 0 aliphatic rings. The van der Waals surface area contributed by atoms with Crippen LogP contribution in [-0.4, -0.2) is 20.2 Å². The van der Waals surface area contributed by atoms with Gasteiger partial charge in [0.05, 0.1) is 20.6 Å². The second-order valence-corrected chi connectivity index (χ2v) is 4.15. The number of methoxy groups -OCH3 is 2. The van der Waals surface area contributed by atoms with Gasteiger partial charge in [0.2, 0.25) is 0 Å². The van der Waals surface area contributed by atoms with Gasteiger partial charge in [0, 0.05) is 0 Å². The molecule has 0 aliphatic heterocycles. The summed E-state index contributed by atoms with van der Waals surface area (Å²) in [6, 6.07) is 14.4. The normalized spacial score (nSPS) is 9.90. The van der Waals surface area contributed by atoms with Gasteiger partial charge in [-0.05, 0) is 29.8 Å². The smallest absolute Gasteiger partial charge is 0.315 e. The zero-order valence-electron chi connectivity index (χ0n) is 11.5. The Balaban J connectivity index is 2.05. The van der Waals surface area contributed by atoms with Crippen LogP contribution in [-0.2, 0) is 11.2 Å². The lowest BCUT2D eigenvalue weighted by Crippen LogP contribution is -2.11. The molecule has 0 N–H and O–H groups in total. The van der Waals surface area contributed by atoms with Crippen molar-refractivity contribution in [2.24, 2.45) is 0 Å². The number of carbonyl (C=O) groups excluding carboxylic acids is 1. The van der Waals surface area contributed by atoms with Crippen LogP contribution in [0.5, 0.6) is 17.2 Å². The molecule has 20 heavy (non-hydrogen) atoms. The fourth-order valence-electron chi connectivity index (χ4n) is 1.81. The maximum absolute atomic E-state index is 11.9. The Bertz CT molecular complexity index is 593. The minimum absolute atomic E-state index is 0.176. The lowest BCUT2D eigenvalue weighted by atomic mass is 10.1. The molecule has 2 rings (SSSR count). The Morgan fingerprint density at radius 2 is 1.70 bits per heavy atom. The molecule has 4 heteroatoms. The molecule has 0 heterocycles. The number of hydrogen-bond donors (Lipinski definition) is 0. The molecule has 0 fully saturated rings. The molecule has 2 aromatic rings. The highest BCUT2D eigenvalue weighted by Gasteiger charge is 2.10. The largest absolute Gasteiger partial charge is 0.497 e. The standard InChI is InChI=1S/C16H16O4/c1-18-13-7-5-6-12(10-13)11-16(17)20-15-9-4-3-8-14(15)19-2/h3-10H,11H2,1-2H3. The lowest BCUT2D eigenvalue weighted by molar-refractivity contribution is -0.133. The van der Waals surface area contributed by atoms with Crippen molar-refractivity contribution in [3.63, 3.8) is 0 Å². The van der Waals surface area contributed by atoms with Crippen LogP contribution in [0.2, 0.25) is 0 Å². The summed E-state index contributed by atoms with van der Waals surface area (Å²) in [4.78, 5) is 11.9. The molecule has 0 aliphatic carbocycles. The summed E-state index contributed by atoms with van der Waals surface area (Å²) < 4.78 is 15.6. The summed E-state index contributed by atoms with van der Waals surface area (Å²) in [5.74, 6) is 1.32. The predicted octanol–water partition coefficient (Wildman–Crippen LogP) is 2.85. The zero-order chi connectivity index (χ0) is 14.4. The van der Waals surface area contributed by atoms with E-state index in [0.717, 1.165) is 5.56 Å². The van der Waals surface area contributed by atoms with Gasteiger partial charge in [0.25, 0.3) is 0 Å². The number of carbonyl (C=O) groups is 1. The van der Waals surface area contributed by atoms with E-state index in [1.807, 2.05) is 30.3 Å². The van der Waals surface area contributed by atoms with Crippen LogP contribution >= 0.6 is 0 Å². The van der Waals surface area contributed by atoms with E-state index < -0.39 is 0 Å². The van der Waals surface area contributed by atoms with E-state index in [-0.39, 0.29) is 12.4 Å². The van der Waals surface area contributed by atoms with E-state index >= 15 is 0 Å². The molecule has 0 bridgehead atoms. The van der Waals surface area contributed by atoms with Crippen LogP contribution in [0.1, 0.15) is 5.56 Å². The van der Waals surface area contributed by atoms with Gasteiger partial charge in [0.15, 0.2) is 11.5 Å². The first-order valence-corrected chi connectivity index (χ1v) is 6.19. The summed E-state index contributed by atoms with van der Waals surface area (Å²) in [6.07, 6.45) is 0.176. The van der Waals surface area contributed by atoms with Crippen molar-refractivity contribution in [2.75, 3.05) is 14.2 Å². The van der Waals surface area contributed by atoms with Crippen molar-refractivity contribution in [3.8, 4) is 17.2 Å². The quantitative estimate of drug-likeness (QED) is 0.620. The summed E-state index contributed by atoms with van der Waals surface area (Å²) in [7, 11) is 3.13. The average Bonchev–Trinajstić information content (AvgIpc) is 2.48. The van der Waals surface area contributed by atoms with Gasteiger partial charge >= 0.3 is 5.97 Å². The monoisotopic (exact) mass is 272 g/mol. The fraction of sp³-hybridized carbons (Fsp3) is 0.188. The first-order chi connectivity index (χ1) is 9.72. The molecule has 0 spiro atoms. The van der Waals surface area contributed by atoms with Crippen LogP contribution in [0, 0.1) is 0 Å².